The molecule has 1 aliphatic heterocycles. The fraction of sp³-hybridized carbons (Fsp3) is 0.667. The number of carbonyl (C=O) groups is 1. The maximum absolute atomic E-state index is 12.7. The summed E-state index contributed by atoms with van der Waals surface area (Å²) in [6.07, 6.45) is 3.66. The Hall–Kier alpha value is -2.22. The van der Waals surface area contributed by atoms with Crippen molar-refractivity contribution in [1.29, 1.82) is 0 Å². The predicted octanol–water partition coefficient (Wildman–Crippen LogP) is 1.42. The molecular formula is C18H28N6O2. The van der Waals surface area contributed by atoms with Gasteiger partial charge in [0.1, 0.15) is 0 Å². The molecular weight excluding hydrogens is 332 g/mol. The number of aromatic amines is 1. The molecule has 0 bridgehead atoms. The zero-order valence-electron chi connectivity index (χ0n) is 16.2. The van der Waals surface area contributed by atoms with Crippen molar-refractivity contribution in [2.45, 2.75) is 65.5 Å². The van der Waals surface area contributed by atoms with Gasteiger partial charge < -0.3 is 5.32 Å². The molecule has 0 aromatic carbocycles. The molecule has 0 unspecified atom stereocenters. The lowest BCUT2D eigenvalue weighted by Gasteiger charge is -2.39. The molecule has 1 saturated heterocycles. The minimum atomic E-state index is -0.411. The van der Waals surface area contributed by atoms with Crippen molar-refractivity contribution in [3.05, 3.63) is 27.4 Å². The highest BCUT2D eigenvalue weighted by atomic mass is 16.2. The van der Waals surface area contributed by atoms with Crippen LogP contribution in [0.25, 0.3) is 5.78 Å². The Kier molecular flexibility index (Phi) is 4.88. The van der Waals surface area contributed by atoms with Gasteiger partial charge in [0.05, 0.1) is 0 Å². The van der Waals surface area contributed by atoms with Crippen molar-refractivity contribution >= 4 is 11.7 Å². The lowest BCUT2D eigenvalue weighted by Crippen LogP contribution is -2.54. The Bertz CT molecular complexity index is 882. The highest BCUT2D eigenvalue weighted by molar-refractivity contribution is 5.91. The van der Waals surface area contributed by atoms with E-state index in [1.54, 1.807) is 13.8 Å². The third-order valence-corrected chi connectivity index (χ3v) is 5.17. The molecule has 0 spiro atoms. The number of carbonyl (C=O) groups excluding carboxylic acids is 1. The van der Waals surface area contributed by atoms with Crippen LogP contribution in [0.2, 0.25) is 0 Å². The first-order valence-corrected chi connectivity index (χ1v) is 9.20. The van der Waals surface area contributed by atoms with Gasteiger partial charge in [-0.15, -0.1) is 0 Å². The molecule has 1 atom stereocenters. The van der Waals surface area contributed by atoms with Crippen LogP contribution < -0.4 is 10.9 Å². The van der Waals surface area contributed by atoms with Crippen molar-refractivity contribution in [2.24, 2.45) is 0 Å². The van der Waals surface area contributed by atoms with E-state index < -0.39 is 5.54 Å². The van der Waals surface area contributed by atoms with E-state index in [0.29, 0.717) is 17.3 Å². The minimum absolute atomic E-state index is 0.0966. The number of nitrogens with zero attached hydrogens (tertiary/aromatic N) is 4. The average Bonchev–Trinajstić information content (AvgIpc) is 2.98. The van der Waals surface area contributed by atoms with Gasteiger partial charge in [0.25, 0.3) is 17.2 Å². The van der Waals surface area contributed by atoms with Gasteiger partial charge in [0, 0.05) is 29.4 Å². The number of rotatable bonds is 4. The molecule has 0 aliphatic carbocycles. The van der Waals surface area contributed by atoms with Gasteiger partial charge in [-0.25, -0.2) is 4.98 Å². The maximum atomic E-state index is 12.7. The van der Waals surface area contributed by atoms with Gasteiger partial charge in [0.15, 0.2) is 0 Å². The highest BCUT2D eigenvalue weighted by Crippen LogP contribution is 2.19. The Morgan fingerprint density at radius 1 is 1.31 bits per heavy atom. The molecule has 2 aromatic heterocycles. The van der Waals surface area contributed by atoms with E-state index in [9.17, 15) is 9.59 Å². The molecule has 8 heteroatoms. The largest absolute Gasteiger partial charge is 0.343 e. The third kappa shape index (κ3) is 3.65. The quantitative estimate of drug-likeness (QED) is 0.860. The molecule has 1 fully saturated rings. The van der Waals surface area contributed by atoms with E-state index in [2.05, 4.69) is 32.2 Å². The first kappa shape index (κ1) is 18.6. The second-order valence-electron chi connectivity index (χ2n) is 7.99. The lowest BCUT2D eigenvalue weighted by molar-refractivity contribution is 0.0825. The minimum Gasteiger partial charge on any atom is -0.343 e. The number of H-pyrrole nitrogens is 1. The molecule has 1 amide bonds. The number of aryl methyl sites for hydroxylation is 1. The molecule has 3 heterocycles. The first-order chi connectivity index (χ1) is 12.2. The number of aromatic nitrogens is 4. The van der Waals surface area contributed by atoms with Crippen LogP contribution in [0.4, 0.5) is 0 Å². The van der Waals surface area contributed by atoms with Crippen LogP contribution in [-0.2, 0) is 0 Å². The molecule has 3 rings (SSSR count). The predicted molar refractivity (Wildman–Crippen MR) is 99.5 cm³/mol. The number of piperidine rings is 1. The van der Waals surface area contributed by atoms with E-state index in [-0.39, 0.29) is 23.1 Å². The van der Waals surface area contributed by atoms with Crippen LogP contribution in [-0.4, -0.2) is 55.1 Å². The van der Waals surface area contributed by atoms with Crippen LogP contribution in [0.1, 0.15) is 61.9 Å². The monoisotopic (exact) mass is 360 g/mol. The number of fused-ring (bicyclic) bond motifs is 1. The van der Waals surface area contributed by atoms with Crippen LogP contribution >= 0.6 is 0 Å². The summed E-state index contributed by atoms with van der Waals surface area (Å²) in [5, 5.41) is 5.80. The van der Waals surface area contributed by atoms with E-state index in [1.807, 2.05) is 13.8 Å². The summed E-state index contributed by atoms with van der Waals surface area (Å²) in [5.74, 6) is -0.0232. The summed E-state index contributed by atoms with van der Waals surface area (Å²) in [4.78, 5) is 35.8. The second kappa shape index (κ2) is 6.83. The molecule has 26 heavy (non-hydrogen) atoms. The van der Waals surface area contributed by atoms with Crippen LogP contribution in [0.5, 0.6) is 0 Å². The molecule has 2 aromatic rings. The fourth-order valence-corrected chi connectivity index (χ4v) is 3.51. The SMILES string of the molecule is Cc1nc2nc(C(=O)NC(C)(C)CN3CCCC[C@H]3C)[nH]n2c(=O)c1C. The van der Waals surface area contributed by atoms with Gasteiger partial charge in [0.2, 0.25) is 5.82 Å². The van der Waals surface area contributed by atoms with Crippen molar-refractivity contribution in [1.82, 2.24) is 29.8 Å². The molecule has 142 valence electrons. The van der Waals surface area contributed by atoms with Crippen molar-refractivity contribution in [3.8, 4) is 0 Å². The van der Waals surface area contributed by atoms with Crippen LogP contribution in [0.3, 0.4) is 0 Å². The Balaban J connectivity index is 1.77. The summed E-state index contributed by atoms with van der Waals surface area (Å²) in [6.45, 7) is 11.6. The standard InChI is InChI=1S/C18H28N6O2/c1-11-8-6-7-9-23(11)10-18(4,5)21-15(25)14-20-17-19-13(3)12(2)16(26)24(17)22-14/h11H,6-10H2,1-5H3,(H,21,25)(H,19,20,22)/t11-/m1/s1. The number of hydrogen-bond acceptors (Lipinski definition) is 5. The lowest BCUT2D eigenvalue weighted by atomic mass is 9.98. The zero-order chi connectivity index (χ0) is 19.1. The third-order valence-electron chi connectivity index (χ3n) is 5.17. The Morgan fingerprint density at radius 3 is 2.73 bits per heavy atom. The van der Waals surface area contributed by atoms with E-state index in [4.69, 9.17) is 0 Å². The summed E-state index contributed by atoms with van der Waals surface area (Å²) in [5.41, 5.74) is 0.511. The fourth-order valence-electron chi connectivity index (χ4n) is 3.51. The van der Waals surface area contributed by atoms with E-state index >= 15 is 0 Å². The number of hydrogen-bond donors (Lipinski definition) is 2. The zero-order valence-corrected chi connectivity index (χ0v) is 16.2. The second-order valence-corrected chi connectivity index (χ2v) is 7.99. The van der Waals surface area contributed by atoms with Crippen molar-refractivity contribution in [2.75, 3.05) is 13.1 Å². The highest BCUT2D eigenvalue weighted by Gasteiger charge is 2.29. The van der Waals surface area contributed by atoms with Crippen LogP contribution in [0.15, 0.2) is 4.79 Å². The Morgan fingerprint density at radius 2 is 2.04 bits per heavy atom. The number of nitrogens with one attached hydrogen (secondary N) is 2. The number of amides is 1. The average molecular weight is 360 g/mol. The first-order valence-electron chi connectivity index (χ1n) is 9.20. The van der Waals surface area contributed by atoms with Crippen LogP contribution in [0, 0.1) is 13.8 Å². The smallest absolute Gasteiger partial charge is 0.289 e. The van der Waals surface area contributed by atoms with Gasteiger partial charge in [-0.1, -0.05) is 6.42 Å². The summed E-state index contributed by atoms with van der Waals surface area (Å²) >= 11 is 0. The molecule has 8 nitrogen and oxygen atoms in total. The number of likely N-dealkylation sites (tertiary alicyclic amines) is 1. The summed E-state index contributed by atoms with van der Waals surface area (Å²) < 4.78 is 1.22. The topological polar surface area (TPSA) is 95.4 Å². The van der Waals surface area contributed by atoms with Gasteiger partial charge >= 0.3 is 0 Å². The Labute approximate surface area is 153 Å². The van der Waals surface area contributed by atoms with E-state index in [1.165, 1.54) is 23.8 Å². The summed E-state index contributed by atoms with van der Waals surface area (Å²) in [6, 6.07) is 0.528. The maximum Gasteiger partial charge on any atom is 0.289 e. The van der Waals surface area contributed by atoms with E-state index in [0.717, 1.165) is 13.1 Å². The molecule has 1 aliphatic rings. The molecule has 0 radical (unpaired) electrons. The van der Waals surface area contributed by atoms with Gasteiger partial charge in [-0.2, -0.15) is 9.50 Å². The molecule has 0 saturated carbocycles. The van der Waals surface area contributed by atoms with Gasteiger partial charge in [-0.3, -0.25) is 19.6 Å². The normalized spacial score (nSPS) is 19.0. The van der Waals surface area contributed by atoms with Gasteiger partial charge in [-0.05, 0) is 54.0 Å². The van der Waals surface area contributed by atoms with Crippen molar-refractivity contribution < 1.29 is 4.79 Å². The van der Waals surface area contributed by atoms with Crippen molar-refractivity contribution in [3.63, 3.8) is 0 Å². The summed E-state index contributed by atoms with van der Waals surface area (Å²) in [7, 11) is 0. The molecule has 2 N–H and O–H groups in total.